The van der Waals surface area contributed by atoms with Crippen LogP contribution in [0.5, 0.6) is 5.75 Å². The molecule has 2 saturated heterocycles. The number of hydrogen-bond acceptors (Lipinski definition) is 7. The fraction of sp³-hybridized carbons (Fsp3) is 0.391. The molecule has 166 valence electrons. The summed E-state index contributed by atoms with van der Waals surface area (Å²) in [5.41, 5.74) is 1.70. The SMILES string of the molecule is COc1ccc(N2CC(C(=O)N3CCCC(c4nnc(-c5ccsc5)o4)C3)CC2=O)cc1. The first-order chi connectivity index (χ1) is 15.6. The Bertz CT molecular complexity index is 1100. The maximum absolute atomic E-state index is 13.3. The van der Waals surface area contributed by atoms with E-state index in [0.29, 0.717) is 31.4 Å². The first kappa shape index (κ1) is 20.7. The Morgan fingerprint density at radius 3 is 2.78 bits per heavy atom. The van der Waals surface area contributed by atoms with Crippen molar-refractivity contribution in [1.29, 1.82) is 0 Å². The Hall–Kier alpha value is -3.20. The van der Waals surface area contributed by atoms with Crippen LogP contribution in [0.25, 0.3) is 11.5 Å². The van der Waals surface area contributed by atoms with Crippen molar-refractivity contribution in [2.75, 3.05) is 31.6 Å². The molecule has 2 atom stereocenters. The van der Waals surface area contributed by atoms with E-state index in [-0.39, 0.29) is 30.1 Å². The van der Waals surface area contributed by atoms with E-state index in [2.05, 4.69) is 10.2 Å². The van der Waals surface area contributed by atoms with Crippen LogP contribution in [0, 0.1) is 5.92 Å². The number of thiophene rings is 1. The summed E-state index contributed by atoms with van der Waals surface area (Å²) in [6.45, 7) is 1.62. The van der Waals surface area contributed by atoms with Crippen molar-refractivity contribution in [1.82, 2.24) is 15.1 Å². The second-order valence-electron chi connectivity index (χ2n) is 8.18. The van der Waals surface area contributed by atoms with Crippen LogP contribution >= 0.6 is 11.3 Å². The Labute approximate surface area is 189 Å². The molecule has 0 spiro atoms. The molecule has 0 aliphatic carbocycles. The zero-order chi connectivity index (χ0) is 22.1. The lowest BCUT2D eigenvalue weighted by Crippen LogP contribution is -2.43. The number of piperidine rings is 1. The van der Waals surface area contributed by atoms with Gasteiger partial charge in [0.15, 0.2) is 0 Å². The lowest BCUT2D eigenvalue weighted by Gasteiger charge is -2.32. The van der Waals surface area contributed by atoms with Gasteiger partial charge in [0.05, 0.1) is 18.9 Å². The standard InChI is InChI=1S/C23H24N4O4S/c1-30-19-6-4-18(5-7-19)27-13-17(11-20(27)28)23(29)26-9-2-3-15(12-26)21-24-25-22(31-21)16-8-10-32-14-16/h4-8,10,14-15,17H,2-3,9,11-13H2,1H3. The predicted octanol–water partition coefficient (Wildman–Crippen LogP) is 3.57. The minimum Gasteiger partial charge on any atom is -0.497 e. The van der Waals surface area contributed by atoms with Gasteiger partial charge >= 0.3 is 0 Å². The Balaban J connectivity index is 1.25. The van der Waals surface area contributed by atoms with Crippen LogP contribution < -0.4 is 9.64 Å². The van der Waals surface area contributed by atoms with E-state index < -0.39 is 0 Å². The van der Waals surface area contributed by atoms with Gasteiger partial charge in [0.1, 0.15) is 5.75 Å². The van der Waals surface area contributed by atoms with Crippen LogP contribution in [0.1, 0.15) is 31.1 Å². The van der Waals surface area contributed by atoms with Crippen LogP contribution in [-0.4, -0.2) is 53.7 Å². The number of rotatable bonds is 5. The number of amides is 2. The summed E-state index contributed by atoms with van der Waals surface area (Å²) < 4.78 is 11.1. The van der Waals surface area contributed by atoms with E-state index in [9.17, 15) is 9.59 Å². The van der Waals surface area contributed by atoms with Gasteiger partial charge < -0.3 is 19.0 Å². The monoisotopic (exact) mass is 452 g/mol. The molecule has 0 saturated carbocycles. The summed E-state index contributed by atoms with van der Waals surface area (Å²) in [7, 11) is 1.61. The average Bonchev–Trinajstić information content (AvgIpc) is 3.59. The number of aromatic nitrogens is 2. The second-order valence-corrected chi connectivity index (χ2v) is 8.96. The van der Waals surface area contributed by atoms with Gasteiger partial charge in [-0.1, -0.05) is 0 Å². The minimum atomic E-state index is -0.340. The third-order valence-corrected chi connectivity index (χ3v) is 6.83. The van der Waals surface area contributed by atoms with Crippen molar-refractivity contribution in [3.63, 3.8) is 0 Å². The molecule has 0 bridgehead atoms. The number of likely N-dealkylation sites (tertiary alicyclic amines) is 1. The zero-order valence-electron chi connectivity index (χ0n) is 17.8. The third-order valence-electron chi connectivity index (χ3n) is 6.15. The number of hydrogen-bond donors (Lipinski definition) is 0. The molecule has 9 heteroatoms. The van der Waals surface area contributed by atoms with Crippen molar-refractivity contribution in [3.05, 3.63) is 47.0 Å². The van der Waals surface area contributed by atoms with Crippen molar-refractivity contribution < 1.29 is 18.7 Å². The molecule has 2 aliphatic rings. The smallest absolute Gasteiger partial charge is 0.248 e. The van der Waals surface area contributed by atoms with Gasteiger partial charge in [-0.05, 0) is 48.6 Å². The van der Waals surface area contributed by atoms with E-state index in [0.717, 1.165) is 29.8 Å². The molecule has 2 aliphatic heterocycles. The minimum absolute atomic E-state index is 0.0161. The van der Waals surface area contributed by atoms with Gasteiger partial charge in [0.25, 0.3) is 0 Å². The molecule has 2 amide bonds. The predicted molar refractivity (Wildman–Crippen MR) is 120 cm³/mol. The first-order valence-corrected chi connectivity index (χ1v) is 11.7. The highest BCUT2D eigenvalue weighted by molar-refractivity contribution is 7.08. The summed E-state index contributed by atoms with van der Waals surface area (Å²) in [4.78, 5) is 29.4. The lowest BCUT2D eigenvalue weighted by molar-refractivity contribution is -0.137. The number of benzene rings is 1. The molecule has 8 nitrogen and oxygen atoms in total. The van der Waals surface area contributed by atoms with Crippen molar-refractivity contribution in [2.24, 2.45) is 5.92 Å². The summed E-state index contributed by atoms with van der Waals surface area (Å²) in [6, 6.07) is 9.29. The van der Waals surface area contributed by atoms with E-state index >= 15 is 0 Å². The highest BCUT2D eigenvalue weighted by Crippen LogP contribution is 2.32. The number of methoxy groups -OCH3 is 1. The number of ether oxygens (including phenoxy) is 1. The maximum atomic E-state index is 13.3. The van der Waals surface area contributed by atoms with Crippen molar-refractivity contribution in [2.45, 2.75) is 25.2 Å². The highest BCUT2D eigenvalue weighted by atomic mass is 32.1. The first-order valence-electron chi connectivity index (χ1n) is 10.7. The van der Waals surface area contributed by atoms with Gasteiger partial charge in [0.2, 0.25) is 23.6 Å². The Morgan fingerprint density at radius 1 is 1.19 bits per heavy atom. The quantitative estimate of drug-likeness (QED) is 0.588. The highest BCUT2D eigenvalue weighted by Gasteiger charge is 2.39. The number of carbonyl (C=O) groups is 2. The average molecular weight is 453 g/mol. The van der Waals surface area contributed by atoms with E-state index in [1.807, 2.05) is 46.0 Å². The van der Waals surface area contributed by atoms with Gasteiger partial charge in [0, 0.05) is 42.7 Å². The fourth-order valence-electron chi connectivity index (χ4n) is 4.42. The molecule has 32 heavy (non-hydrogen) atoms. The topological polar surface area (TPSA) is 88.8 Å². The molecular formula is C23H24N4O4S. The molecular weight excluding hydrogens is 428 g/mol. The van der Waals surface area contributed by atoms with Crippen LogP contribution in [0.3, 0.4) is 0 Å². The van der Waals surface area contributed by atoms with Crippen molar-refractivity contribution >= 4 is 28.8 Å². The Kier molecular flexibility index (Phi) is 5.65. The van der Waals surface area contributed by atoms with Gasteiger partial charge in [-0.25, -0.2) is 0 Å². The summed E-state index contributed by atoms with van der Waals surface area (Å²) in [6.07, 6.45) is 2.00. The number of anilines is 1. The molecule has 2 fully saturated rings. The summed E-state index contributed by atoms with van der Waals surface area (Å²) in [5.74, 6) is 1.49. The molecule has 2 unspecified atom stereocenters. The molecule has 3 aromatic rings. The molecule has 0 N–H and O–H groups in total. The maximum Gasteiger partial charge on any atom is 0.248 e. The van der Waals surface area contributed by atoms with Gasteiger partial charge in [-0.2, -0.15) is 11.3 Å². The van der Waals surface area contributed by atoms with Crippen LogP contribution in [0.15, 0.2) is 45.5 Å². The fourth-order valence-corrected chi connectivity index (χ4v) is 5.05. The normalized spacial score (nSPS) is 21.2. The largest absolute Gasteiger partial charge is 0.497 e. The Morgan fingerprint density at radius 2 is 2.03 bits per heavy atom. The molecule has 2 aromatic heterocycles. The number of carbonyl (C=O) groups excluding carboxylic acids is 2. The van der Waals surface area contributed by atoms with Crippen LogP contribution in [0.4, 0.5) is 5.69 Å². The number of nitrogens with zero attached hydrogens (tertiary/aromatic N) is 4. The summed E-state index contributed by atoms with van der Waals surface area (Å²) >= 11 is 1.58. The van der Waals surface area contributed by atoms with E-state index in [1.54, 1.807) is 23.3 Å². The summed E-state index contributed by atoms with van der Waals surface area (Å²) in [5, 5.41) is 12.4. The van der Waals surface area contributed by atoms with E-state index in [1.165, 1.54) is 0 Å². The van der Waals surface area contributed by atoms with Crippen molar-refractivity contribution in [3.8, 4) is 17.2 Å². The van der Waals surface area contributed by atoms with Gasteiger partial charge in [-0.15, -0.1) is 10.2 Å². The zero-order valence-corrected chi connectivity index (χ0v) is 18.6. The van der Waals surface area contributed by atoms with Gasteiger partial charge in [-0.3, -0.25) is 9.59 Å². The van der Waals surface area contributed by atoms with Crippen LogP contribution in [0.2, 0.25) is 0 Å². The molecule has 4 heterocycles. The third kappa shape index (κ3) is 4.00. The second kappa shape index (κ2) is 8.74. The molecule has 5 rings (SSSR count). The molecule has 0 radical (unpaired) electrons. The van der Waals surface area contributed by atoms with E-state index in [4.69, 9.17) is 9.15 Å². The lowest BCUT2D eigenvalue weighted by atomic mass is 9.96. The van der Waals surface area contributed by atoms with Crippen LogP contribution in [-0.2, 0) is 9.59 Å². The molecule has 1 aromatic carbocycles.